The van der Waals surface area contributed by atoms with Crippen molar-refractivity contribution < 1.29 is 14.8 Å². The topological polar surface area (TPSA) is 75.8 Å². The van der Waals surface area contributed by atoms with Gasteiger partial charge in [0, 0.05) is 30.9 Å². The molecule has 1 aromatic rings. The van der Waals surface area contributed by atoms with Crippen molar-refractivity contribution in [3.05, 3.63) is 28.3 Å². The monoisotopic (exact) mass is 280 g/mol. The van der Waals surface area contributed by atoms with Crippen LogP contribution in [0.15, 0.2) is 18.2 Å². The van der Waals surface area contributed by atoms with Crippen LogP contribution in [-0.2, 0) is 0 Å². The van der Waals surface area contributed by atoms with E-state index in [2.05, 4.69) is 0 Å². The number of hydrogen-bond donors (Lipinski definition) is 1. The molecule has 1 saturated heterocycles. The van der Waals surface area contributed by atoms with Gasteiger partial charge in [-0.05, 0) is 13.3 Å². The molecule has 0 aliphatic carbocycles. The van der Waals surface area contributed by atoms with Gasteiger partial charge in [0.05, 0.1) is 23.2 Å². The van der Waals surface area contributed by atoms with Crippen molar-refractivity contribution >= 4 is 11.4 Å². The number of aliphatic hydroxyl groups is 1. The summed E-state index contributed by atoms with van der Waals surface area (Å²) in [4.78, 5) is 12.5. The molecular formula is C14H20N2O4. The minimum absolute atomic E-state index is 0.0110. The van der Waals surface area contributed by atoms with Crippen LogP contribution in [0.5, 0.6) is 5.75 Å². The number of nitro groups is 1. The van der Waals surface area contributed by atoms with Gasteiger partial charge >= 0.3 is 0 Å². The molecule has 1 aliphatic heterocycles. The number of nitrogens with zero attached hydrogens (tertiary/aromatic N) is 2. The first-order valence-electron chi connectivity index (χ1n) is 6.87. The van der Waals surface area contributed by atoms with Crippen LogP contribution in [0.4, 0.5) is 11.4 Å². The molecule has 0 radical (unpaired) electrons. The quantitative estimate of drug-likeness (QED) is 0.639. The predicted octanol–water partition coefficient (Wildman–Crippen LogP) is 2.34. The van der Waals surface area contributed by atoms with E-state index in [4.69, 9.17) is 4.74 Å². The SMILES string of the molecule is CCCC1(O)CN(c2cc(OCC)cc([N+](=O)[O-])c2)C1. The molecule has 20 heavy (non-hydrogen) atoms. The maximum Gasteiger partial charge on any atom is 0.275 e. The highest BCUT2D eigenvalue weighted by molar-refractivity contribution is 5.60. The van der Waals surface area contributed by atoms with Crippen molar-refractivity contribution in [1.29, 1.82) is 0 Å². The summed E-state index contributed by atoms with van der Waals surface area (Å²) in [6, 6.07) is 4.72. The molecule has 0 aromatic heterocycles. The van der Waals surface area contributed by atoms with Crippen LogP contribution in [0, 0.1) is 10.1 Å². The van der Waals surface area contributed by atoms with E-state index in [1.54, 1.807) is 6.07 Å². The van der Waals surface area contributed by atoms with E-state index >= 15 is 0 Å². The fourth-order valence-corrected chi connectivity index (χ4v) is 2.58. The largest absolute Gasteiger partial charge is 0.494 e. The second kappa shape index (κ2) is 5.66. The van der Waals surface area contributed by atoms with Crippen LogP contribution in [0.2, 0.25) is 0 Å². The molecule has 1 fully saturated rings. The zero-order valence-electron chi connectivity index (χ0n) is 11.8. The molecule has 2 rings (SSSR count). The van der Waals surface area contributed by atoms with Crippen LogP contribution in [-0.4, -0.2) is 35.3 Å². The zero-order chi connectivity index (χ0) is 14.8. The summed E-state index contributed by atoms with van der Waals surface area (Å²) in [5.41, 5.74) is 0.0748. The lowest BCUT2D eigenvalue weighted by Crippen LogP contribution is -2.61. The normalized spacial score (nSPS) is 16.6. The zero-order valence-corrected chi connectivity index (χ0v) is 11.8. The Morgan fingerprint density at radius 1 is 1.40 bits per heavy atom. The highest BCUT2D eigenvalue weighted by atomic mass is 16.6. The summed E-state index contributed by atoms with van der Waals surface area (Å²) >= 11 is 0. The molecule has 1 N–H and O–H groups in total. The molecule has 1 heterocycles. The fraction of sp³-hybridized carbons (Fsp3) is 0.571. The molecular weight excluding hydrogens is 260 g/mol. The molecule has 0 amide bonds. The van der Waals surface area contributed by atoms with E-state index in [0.717, 1.165) is 18.5 Å². The number of anilines is 1. The summed E-state index contributed by atoms with van der Waals surface area (Å²) in [6.45, 7) is 5.34. The van der Waals surface area contributed by atoms with Crippen molar-refractivity contribution in [1.82, 2.24) is 0 Å². The van der Waals surface area contributed by atoms with Crippen LogP contribution in [0.25, 0.3) is 0 Å². The first kappa shape index (κ1) is 14.6. The highest BCUT2D eigenvalue weighted by Gasteiger charge is 2.40. The molecule has 0 spiro atoms. The number of benzene rings is 1. The lowest BCUT2D eigenvalue weighted by atomic mass is 9.89. The first-order chi connectivity index (χ1) is 9.47. The van der Waals surface area contributed by atoms with Crippen molar-refractivity contribution in [2.45, 2.75) is 32.3 Å². The molecule has 6 heteroatoms. The average Bonchev–Trinajstić information content (AvgIpc) is 2.36. The summed E-state index contributed by atoms with van der Waals surface area (Å²) < 4.78 is 5.36. The van der Waals surface area contributed by atoms with Crippen molar-refractivity contribution in [3.63, 3.8) is 0 Å². The number of hydrogen-bond acceptors (Lipinski definition) is 5. The number of nitro benzene ring substituents is 1. The van der Waals surface area contributed by atoms with Crippen LogP contribution >= 0.6 is 0 Å². The number of β-amino-alcohol motifs (C(OH)–C–C–N with tert-alkyl or cyclic N) is 1. The average molecular weight is 280 g/mol. The third-order valence-electron chi connectivity index (χ3n) is 3.45. The molecule has 0 atom stereocenters. The second-order valence-electron chi connectivity index (χ2n) is 5.21. The standard InChI is InChI=1S/C14H20N2O4/c1-3-5-14(17)9-15(10-14)11-6-12(16(18)19)8-13(7-11)20-4-2/h6-8,17H,3-5,9-10H2,1-2H3. The Balaban J connectivity index is 2.18. The van der Waals surface area contributed by atoms with E-state index in [9.17, 15) is 15.2 Å². The van der Waals surface area contributed by atoms with E-state index in [-0.39, 0.29) is 5.69 Å². The van der Waals surface area contributed by atoms with Gasteiger partial charge in [-0.2, -0.15) is 0 Å². The van der Waals surface area contributed by atoms with Crippen LogP contribution < -0.4 is 9.64 Å². The third kappa shape index (κ3) is 3.01. The van der Waals surface area contributed by atoms with E-state index in [0.29, 0.717) is 25.4 Å². The highest BCUT2D eigenvalue weighted by Crippen LogP contribution is 2.35. The van der Waals surface area contributed by atoms with Crippen LogP contribution in [0.1, 0.15) is 26.7 Å². The molecule has 0 bridgehead atoms. The Kier molecular flexibility index (Phi) is 4.13. The smallest absolute Gasteiger partial charge is 0.275 e. The maximum absolute atomic E-state index is 11.0. The van der Waals surface area contributed by atoms with Crippen molar-refractivity contribution in [3.8, 4) is 5.75 Å². The Morgan fingerprint density at radius 2 is 2.10 bits per heavy atom. The summed E-state index contributed by atoms with van der Waals surface area (Å²) in [7, 11) is 0. The maximum atomic E-state index is 11.0. The van der Waals surface area contributed by atoms with Gasteiger partial charge in [-0.3, -0.25) is 10.1 Å². The van der Waals surface area contributed by atoms with Crippen molar-refractivity contribution in [2.75, 3.05) is 24.6 Å². The molecule has 0 unspecified atom stereocenters. The van der Waals surface area contributed by atoms with Gasteiger partial charge in [0.25, 0.3) is 5.69 Å². The molecule has 1 aliphatic rings. The Bertz CT molecular complexity index is 498. The van der Waals surface area contributed by atoms with Gasteiger partial charge in [0.15, 0.2) is 0 Å². The minimum Gasteiger partial charge on any atom is -0.494 e. The summed E-state index contributed by atoms with van der Waals surface area (Å²) in [6.07, 6.45) is 1.67. The first-order valence-corrected chi connectivity index (χ1v) is 6.87. The van der Waals surface area contributed by atoms with Gasteiger partial charge in [0.2, 0.25) is 0 Å². The van der Waals surface area contributed by atoms with E-state index in [1.165, 1.54) is 12.1 Å². The molecule has 110 valence electrons. The van der Waals surface area contributed by atoms with Crippen molar-refractivity contribution in [2.24, 2.45) is 0 Å². The number of ether oxygens (including phenoxy) is 1. The van der Waals surface area contributed by atoms with E-state index in [1.807, 2.05) is 18.7 Å². The lowest BCUT2D eigenvalue weighted by Gasteiger charge is -2.48. The Hall–Kier alpha value is -1.82. The molecule has 6 nitrogen and oxygen atoms in total. The van der Waals surface area contributed by atoms with Gasteiger partial charge in [-0.15, -0.1) is 0 Å². The van der Waals surface area contributed by atoms with Gasteiger partial charge < -0.3 is 14.7 Å². The number of non-ortho nitro benzene ring substituents is 1. The predicted molar refractivity (Wildman–Crippen MR) is 76.3 cm³/mol. The second-order valence-corrected chi connectivity index (χ2v) is 5.21. The third-order valence-corrected chi connectivity index (χ3v) is 3.45. The Labute approximate surface area is 118 Å². The van der Waals surface area contributed by atoms with Gasteiger partial charge in [-0.1, -0.05) is 13.3 Å². The minimum atomic E-state index is -0.662. The fourth-order valence-electron chi connectivity index (χ4n) is 2.58. The summed E-state index contributed by atoms with van der Waals surface area (Å²) in [5.74, 6) is 0.489. The summed E-state index contributed by atoms with van der Waals surface area (Å²) in [5, 5.41) is 21.1. The lowest BCUT2D eigenvalue weighted by molar-refractivity contribution is -0.384. The number of rotatable bonds is 6. The van der Waals surface area contributed by atoms with Gasteiger partial charge in [-0.25, -0.2) is 0 Å². The Morgan fingerprint density at radius 3 is 2.65 bits per heavy atom. The van der Waals surface area contributed by atoms with Gasteiger partial charge in [0.1, 0.15) is 5.75 Å². The molecule has 0 saturated carbocycles. The molecule has 1 aromatic carbocycles. The van der Waals surface area contributed by atoms with Crippen LogP contribution in [0.3, 0.4) is 0 Å². The van der Waals surface area contributed by atoms with E-state index < -0.39 is 10.5 Å².